The number of benzene rings is 1. The number of hydrogen-bond acceptors (Lipinski definition) is 3. The molecule has 1 aromatic carbocycles. The normalized spacial score (nSPS) is 22.4. The summed E-state index contributed by atoms with van der Waals surface area (Å²) >= 11 is 5.93. The van der Waals surface area contributed by atoms with Crippen LogP contribution < -0.4 is 10.5 Å². The van der Waals surface area contributed by atoms with Crippen LogP contribution in [0.5, 0.6) is 5.75 Å². The van der Waals surface area contributed by atoms with E-state index in [-0.39, 0.29) is 18.0 Å². The maximum Gasteiger partial charge on any atom is 0.257 e. The number of nitrogens with two attached hydrogens (primary N) is 1. The quantitative estimate of drug-likeness (QED) is 0.933. The Bertz CT molecular complexity index is 485. The zero-order chi connectivity index (χ0) is 14.7. The summed E-state index contributed by atoms with van der Waals surface area (Å²) in [5.41, 5.74) is 6.46. The summed E-state index contributed by atoms with van der Waals surface area (Å²) in [7, 11) is 3.39. The van der Waals surface area contributed by atoms with Crippen LogP contribution in [0.25, 0.3) is 0 Å². The Balaban J connectivity index is 2.14. The van der Waals surface area contributed by atoms with Crippen LogP contribution in [0.1, 0.15) is 36.0 Å². The van der Waals surface area contributed by atoms with Gasteiger partial charge in [-0.1, -0.05) is 11.6 Å². The fraction of sp³-hybridized carbons (Fsp3) is 0.533. The van der Waals surface area contributed by atoms with Crippen molar-refractivity contribution in [3.63, 3.8) is 0 Å². The highest BCUT2D eigenvalue weighted by molar-refractivity contribution is 6.30. The van der Waals surface area contributed by atoms with Crippen LogP contribution in [0.4, 0.5) is 0 Å². The zero-order valence-corrected chi connectivity index (χ0v) is 12.7. The lowest BCUT2D eigenvalue weighted by molar-refractivity contribution is 0.0686. The highest BCUT2D eigenvalue weighted by Crippen LogP contribution is 2.27. The van der Waals surface area contributed by atoms with Crippen LogP contribution in [-0.2, 0) is 0 Å². The molecule has 1 fully saturated rings. The first-order chi connectivity index (χ1) is 9.52. The van der Waals surface area contributed by atoms with Gasteiger partial charge in [0, 0.05) is 24.2 Å². The summed E-state index contributed by atoms with van der Waals surface area (Å²) in [6, 6.07) is 5.62. The largest absolute Gasteiger partial charge is 0.496 e. The van der Waals surface area contributed by atoms with Crippen LogP contribution in [-0.4, -0.2) is 37.0 Å². The van der Waals surface area contributed by atoms with Crippen LogP contribution in [0, 0.1) is 0 Å². The van der Waals surface area contributed by atoms with E-state index in [9.17, 15) is 4.79 Å². The number of rotatable bonds is 3. The third kappa shape index (κ3) is 3.25. The van der Waals surface area contributed by atoms with Crippen LogP contribution in [0.2, 0.25) is 5.02 Å². The van der Waals surface area contributed by atoms with E-state index in [1.165, 1.54) is 0 Å². The van der Waals surface area contributed by atoms with Crippen molar-refractivity contribution in [2.45, 2.75) is 37.8 Å². The van der Waals surface area contributed by atoms with Crippen molar-refractivity contribution in [3.8, 4) is 5.75 Å². The van der Waals surface area contributed by atoms with E-state index in [1.54, 1.807) is 30.2 Å². The molecule has 0 saturated heterocycles. The van der Waals surface area contributed by atoms with Crippen molar-refractivity contribution in [3.05, 3.63) is 28.8 Å². The van der Waals surface area contributed by atoms with Gasteiger partial charge in [-0.05, 0) is 43.9 Å². The molecule has 1 amide bonds. The topological polar surface area (TPSA) is 55.6 Å². The Morgan fingerprint density at radius 3 is 2.60 bits per heavy atom. The molecule has 1 saturated carbocycles. The van der Waals surface area contributed by atoms with Crippen LogP contribution in [0.3, 0.4) is 0 Å². The first-order valence-electron chi connectivity index (χ1n) is 6.89. The van der Waals surface area contributed by atoms with Crippen molar-refractivity contribution >= 4 is 17.5 Å². The Morgan fingerprint density at radius 1 is 1.35 bits per heavy atom. The Kier molecular flexibility index (Phi) is 4.89. The standard InChI is InChI=1S/C15H21ClN2O2/c1-18(12-6-4-11(17)5-7-12)15(19)13-8-3-10(16)9-14(13)20-2/h3,8-9,11-12H,4-7,17H2,1-2H3. The first-order valence-corrected chi connectivity index (χ1v) is 7.27. The summed E-state index contributed by atoms with van der Waals surface area (Å²) in [6.45, 7) is 0. The Morgan fingerprint density at radius 2 is 2.00 bits per heavy atom. The molecule has 4 nitrogen and oxygen atoms in total. The van der Waals surface area contributed by atoms with Gasteiger partial charge in [-0.25, -0.2) is 0 Å². The molecule has 0 bridgehead atoms. The van der Waals surface area contributed by atoms with Crippen molar-refractivity contribution in [2.24, 2.45) is 5.73 Å². The number of carbonyl (C=O) groups excluding carboxylic acids is 1. The molecular weight excluding hydrogens is 276 g/mol. The zero-order valence-electron chi connectivity index (χ0n) is 11.9. The summed E-state index contributed by atoms with van der Waals surface area (Å²) in [5.74, 6) is 0.487. The van der Waals surface area contributed by atoms with Gasteiger partial charge in [0.05, 0.1) is 12.7 Å². The van der Waals surface area contributed by atoms with Crippen molar-refractivity contribution in [2.75, 3.05) is 14.2 Å². The van der Waals surface area contributed by atoms with Gasteiger partial charge in [0.15, 0.2) is 0 Å². The van der Waals surface area contributed by atoms with Gasteiger partial charge < -0.3 is 15.4 Å². The molecule has 5 heteroatoms. The second-order valence-corrected chi connectivity index (χ2v) is 5.77. The molecular formula is C15H21ClN2O2. The number of hydrogen-bond donors (Lipinski definition) is 1. The molecule has 1 aliphatic rings. The van der Waals surface area contributed by atoms with E-state index in [0.29, 0.717) is 16.3 Å². The molecule has 20 heavy (non-hydrogen) atoms. The van der Waals surface area contributed by atoms with Crippen molar-refractivity contribution < 1.29 is 9.53 Å². The maximum atomic E-state index is 12.6. The van der Waals surface area contributed by atoms with Gasteiger partial charge >= 0.3 is 0 Å². The van der Waals surface area contributed by atoms with Gasteiger partial charge in [0.2, 0.25) is 0 Å². The molecule has 0 atom stereocenters. The number of carbonyl (C=O) groups is 1. The van der Waals surface area contributed by atoms with Gasteiger partial charge in [-0.3, -0.25) is 4.79 Å². The summed E-state index contributed by atoms with van der Waals surface area (Å²) < 4.78 is 5.25. The highest BCUT2D eigenvalue weighted by Gasteiger charge is 2.27. The van der Waals surface area contributed by atoms with E-state index in [0.717, 1.165) is 25.7 Å². The number of halogens is 1. The van der Waals surface area contributed by atoms with E-state index in [1.807, 2.05) is 7.05 Å². The lowest BCUT2D eigenvalue weighted by Crippen LogP contribution is -2.41. The second-order valence-electron chi connectivity index (χ2n) is 5.33. The Hall–Kier alpha value is -1.26. The fourth-order valence-electron chi connectivity index (χ4n) is 2.69. The van der Waals surface area contributed by atoms with E-state index >= 15 is 0 Å². The molecule has 110 valence electrons. The SMILES string of the molecule is COc1cc(Cl)ccc1C(=O)N(C)C1CCC(N)CC1. The van der Waals surface area contributed by atoms with Crippen molar-refractivity contribution in [1.29, 1.82) is 0 Å². The van der Waals surface area contributed by atoms with Gasteiger partial charge in [-0.2, -0.15) is 0 Å². The van der Waals surface area contributed by atoms with Gasteiger partial charge in [-0.15, -0.1) is 0 Å². The monoisotopic (exact) mass is 296 g/mol. The molecule has 1 aliphatic carbocycles. The highest BCUT2D eigenvalue weighted by atomic mass is 35.5. The number of ether oxygens (including phenoxy) is 1. The predicted molar refractivity (Wildman–Crippen MR) is 80.3 cm³/mol. The summed E-state index contributed by atoms with van der Waals surface area (Å²) in [4.78, 5) is 14.4. The average molecular weight is 297 g/mol. The third-order valence-electron chi connectivity index (χ3n) is 4.00. The number of amides is 1. The lowest BCUT2D eigenvalue weighted by atomic mass is 9.90. The molecule has 0 heterocycles. The Labute approximate surface area is 124 Å². The first kappa shape index (κ1) is 15.1. The minimum Gasteiger partial charge on any atom is -0.496 e. The number of nitrogens with zero attached hydrogens (tertiary/aromatic N) is 1. The molecule has 2 N–H and O–H groups in total. The molecule has 1 aromatic rings. The van der Waals surface area contributed by atoms with E-state index in [4.69, 9.17) is 22.1 Å². The van der Waals surface area contributed by atoms with E-state index in [2.05, 4.69) is 0 Å². The molecule has 0 aliphatic heterocycles. The molecule has 2 rings (SSSR count). The average Bonchev–Trinajstić information content (AvgIpc) is 2.46. The summed E-state index contributed by atoms with van der Waals surface area (Å²) in [6.07, 6.45) is 3.86. The fourth-order valence-corrected chi connectivity index (χ4v) is 2.85. The third-order valence-corrected chi connectivity index (χ3v) is 4.24. The lowest BCUT2D eigenvalue weighted by Gasteiger charge is -2.33. The van der Waals surface area contributed by atoms with E-state index < -0.39 is 0 Å². The molecule has 0 radical (unpaired) electrons. The van der Waals surface area contributed by atoms with Gasteiger partial charge in [0.1, 0.15) is 5.75 Å². The molecule has 0 unspecified atom stereocenters. The smallest absolute Gasteiger partial charge is 0.257 e. The summed E-state index contributed by atoms with van der Waals surface area (Å²) in [5, 5.41) is 0.560. The van der Waals surface area contributed by atoms with Crippen LogP contribution in [0.15, 0.2) is 18.2 Å². The predicted octanol–water partition coefficient (Wildman–Crippen LogP) is 2.69. The van der Waals surface area contributed by atoms with Crippen LogP contribution >= 0.6 is 11.6 Å². The number of methoxy groups -OCH3 is 1. The minimum absolute atomic E-state index is 0.0287. The van der Waals surface area contributed by atoms with Gasteiger partial charge in [0.25, 0.3) is 5.91 Å². The van der Waals surface area contributed by atoms with Crippen molar-refractivity contribution in [1.82, 2.24) is 4.90 Å². The minimum atomic E-state index is -0.0287. The molecule has 0 spiro atoms. The molecule has 0 aromatic heterocycles. The maximum absolute atomic E-state index is 12.6. The second kappa shape index (κ2) is 6.46.